The number of thioether (sulfide) groups is 1. The Labute approximate surface area is 130 Å². The van der Waals surface area contributed by atoms with Crippen molar-refractivity contribution in [3.8, 4) is 6.07 Å². The molecule has 1 aromatic carbocycles. The molecule has 0 amide bonds. The molecular formula is C12H8ClN5S2. The highest BCUT2D eigenvalue weighted by Crippen LogP contribution is 2.37. The Hall–Kier alpha value is -1.75. The Morgan fingerprint density at radius 3 is 2.80 bits per heavy atom. The lowest BCUT2D eigenvalue weighted by Gasteiger charge is -2.31. The van der Waals surface area contributed by atoms with Crippen molar-refractivity contribution in [2.45, 2.75) is 6.04 Å². The third-order valence-corrected chi connectivity index (χ3v) is 4.27. The summed E-state index contributed by atoms with van der Waals surface area (Å²) < 4.78 is 0.578. The molecule has 3 N–H and O–H groups in total. The fourth-order valence-electron chi connectivity index (χ4n) is 2.06. The number of hydrogen-bond donors (Lipinski definition) is 2. The zero-order valence-corrected chi connectivity index (χ0v) is 12.4. The van der Waals surface area contributed by atoms with E-state index in [4.69, 9.17) is 29.6 Å². The molecule has 2 aliphatic heterocycles. The summed E-state index contributed by atoms with van der Waals surface area (Å²) in [6.07, 6.45) is 0. The van der Waals surface area contributed by atoms with Crippen LogP contribution in [0.25, 0.3) is 0 Å². The average molecular weight is 322 g/mol. The van der Waals surface area contributed by atoms with E-state index in [-0.39, 0.29) is 11.9 Å². The van der Waals surface area contributed by atoms with Gasteiger partial charge in [0.05, 0.1) is 0 Å². The predicted octanol–water partition coefficient (Wildman–Crippen LogP) is 2.28. The number of nitriles is 1. The summed E-state index contributed by atoms with van der Waals surface area (Å²) >= 11 is 12.4. The Morgan fingerprint density at radius 1 is 1.45 bits per heavy atom. The first-order valence-electron chi connectivity index (χ1n) is 5.61. The van der Waals surface area contributed by atoms with Gasteiger partial charge < -0.3 is 5.73 Å². The molecular weight excluding hydrogens is 314 g/mol. The van der Waals surface area contributed by atoms with E-state index in [9.17, 15) is 5.26 Å². The molecule has 0 aliphatic carbocycles. The molecule has 5 nitrogen and oxygen atoms in total. The third kappa shape index (κ3) is 2.12. The van der Waals surface area contributed by atoms with Gasteiger partial charge in [0.1, 0.15) is 23.5 Å². The molecule has 20 heavy (non-hydrogen) atoms. The summed E-state index contributed by atoms with van der Waals surface area (Å²) in [6, 6.07) is 9.02. The minimum Gasteiger partial charge on any atom is -0.383 e. The van der Waals surface area contributed by atoms with Crippen LogP contribution in [0.15, 0.2) is 40.7 Å². The first kappa shape index (κ1) is 13.2. The fraction of sp³-hybridized carbons (Fsp3) is 0.0833. The molecule has 1 aromatic rings. The minimum absolute atomic E-state index is 0.220. The van der Waals surface area contributed by atoms with Gasteiger partial charge in [-0.25, -0.2) is 4.99 Å². The van der Waals surface area contributed by atoms with Crippen LogP contribution < -0.4 is 11.2 Å². The number of thiocarbonyl (C=S) groups is 1. The maximum absolute atomic E-state index is 9.36. The van der Waals surface area contributed by atoms with E-state index in [1.165, 1.54) is 11.8 Å². The van der Waals surface area contributed by atoms with Gasteiger partial charge in [0.2, 0.25) is 0 Å². The fourth-order valence-corrected chi connectivity index (χ4v) is 3.22. The number of benzene rings is 1. The molecule has 0 radical (unpaired) electrons. The second-order valence-electron chi connectivity index (χ2n) is 4.13. The van der Waals surface area contributed by atoms with E-state index in [1.54, 1.807) is 17.1 Å². The third-order valence-electron chi connectivity index (χ3n) is 2.93. The summed E-state index contributed by atoms with van der Waals surface area (Å²) in [7, 11) is 0. The summed E-state index contributed by atoms with van der Waals surface area (Å²) in [5.74, 6) is 0.220. The number of fused-ring (bicyclic) bond motifs is 1. The predicted molar refractivity (Wildman–Crippen MR) is 83.6 cm³/mol. The molecule has 0 bridgehead atoms. The SMILES string of the molecule is N#CC1=C(N)N=C2SC(=S)NN2C1c1ccc(Cl)cc1. The van der Waals surface area contributed by atoms with Crippen LogP contribution in [0.1, 0.15) is 11.6 Å². The second-order valence-corrected chi connectivity index (χ2v) is 6.21. The van der Waals surface area contributed by atoms with Crippen molar-refractivity contribution in [2.24, 2.45) is 10.7 Å². The number of hydrogen-bond acceptors (Lipinski definition) is 6. The number of amidine groups is 1. The summed E-state index contributed by atoms with van der Waals surface area (Å²) in [5, 5.41) is 12.4. The van der Waals surface area contributed by atoms with Crippen molar-refractivity contribution >= 4 is 45.1 Å². The zero-order valence-electron chi connectivity index (χ0n) is 10.0. The molecule has 2 heterocycles. The van der Waals surface area contributed by atoms with E-state index < -0.39 is 0 Å². The van der Waals surface area contributed by atoms with Gasteiger partial charge in [-0.05, 0) is 29.5 Å². The van der Waals surface area contributed by atoms with Crippen LogP contribution >= 0.6 is 35.6 Å². The van der Waals surface area contributed by atoms with Gasteiger partial charge in [0, 0.05) is 5.02 Å². The second kappa shape index (κ2) is 4.98. The van der Waals surface area contributed by atoms with E-state index in [0.29, 0.717) is 20.1 Å². The van der Waals surface area contributed by atoms with Gasteiger partial charge in [0.15, 0.2) is 9.49 Å². The molecule has 0 spiro atoms. The summed E-state index contributed by atoms with van der Waals surface area (Å²) in [5.41, 5.74) is 10.2. The molecule has 1 atom stereocenters. The lowest BCUT2D eigenvalue weighted by Crippen LogP contribution is -2.42. The maximum Gasteiger partial charge on any atom is 0.192 e. The zero-order chi connectivity index (χ0) is 14.3. The van der Waals surface area contributed by atoms with Crippen molar-refractivity contribution in [1.29, 1.82) is 5.26 Å². The molecule has 1 unspecified atom stereocenters. The highest BCUT2D eigenvalue weighted by Gasteiger charge is 2.38. The Balaban J connectivity index is 2.11. The lowest BCUT2D eigenvalue weighted by molar-refractivity contribution is 0.325. The smallest absolute Gasteiger partial charge is 0.192 e. The van der Waals surface area contributed by atoms with Gasteiger partial charge >= 0.3 is 0 Å². The number of nitrogens with one attached hydrogen (secondary N) is 1. The number of nitrogens with zero attached hydrogens (tertiary/aromatic N) is 3. The van der Waals surface area contributed by atoms with Gasteiger partial charge in [-0.3, -0.25) is 10.4 Å². The summed E-state index contributed by atoms with van der Waals surface area (Å²) in [4.78, 5) is 4.20. The van der Waals surface area contributed by atoms with Gasteiger partial charge in [-0.2, -0.15) is 5.26 Å². The number of rotatable bonds is 1. The quantitative estimate of drug-likeness (QED) is 0.773. The van der Waals surface area contributed by atoms with E-state index in [0.717, 1.165) is 5.56 Å². The van der Waals surface area contributed by atoms with Crippen molar-refractivity contribution in [1.82, 2.24) is 10.4 Å². The minimum atomic E-state index is -0.363. The van der Waals surface area contributed by atoms with Crippen LogP contribution in [0, 0.1) is 11.3 Å². The standard InChI is InChI=1S/C12H8ClN5S2/c13-7-3-1-6(2-4-7)9-8(5-14)10(15)16-11-18(9)17-12(19)20-11/h1-4,9H,15H2,(H,17,19). The molecule has 8 heteroatoms. The van der Waals surface area contributed by atoms with E-state index in [1.807, 2.05) is 12.1 Å². The van der Waals surface area contributed by atoms with Crippen molar-refractivity contribution in [2.75, 3.05) is 0 Å². The van der Waals surface area contributed by atoms with Crippen LogP contribution in [0.5, 0.6) is 0 Å². The number of aliphatic imine (C=N–C) groups is 1. The van der Waals surface area contributed by atoms with Crippen molar-refractivity contribution in [3.05, 3.63) is 46.2 Å². The Bertz CT molecular complexity index is 689. The Kier molecular flexibility index (Phi) is 3.30. The molecule has 0 saturated carbocycles. The van der Waals surface area contributed by atoms with E-state index in [2.05, 4.69) is 16.5 Å². The molecule has 2 aliphatic rings. The number of hydrazine groups is 1. The first-order valence-corrected chi connectivity index (χ1v) is 7.22. The largest absolute Gasteiger partial charge is 0.383 e. The van der Waals surface area contributed by atoms with Crippen molar-refractivity contribution in [3.63, 3.8) is 0 Å². The van der Waals surface area contributed by atoms with Crippen LogP contribution in [0.4, 0.5) is 0 Å². The van der Waals surface area contributed by atoms with Crippen LogP contribution in [-0.2, 0) is 0 Å². The molecule has 3 rings (SSSR count). The molecule has 1 fully saturated rings. The molecule has 0 aromatic heterocycles. The number of nitrogens with two attached hydrogens (primary N) is 1. The molecule has 100 valence electrons. The highest BCUT2D eigenvalue weighted by molar-refractivity contribution is 8.33. The van der Waals surface area contributed by atoms with Gasteiger partial charge in [-0.15, -0.1) is 0 Å². The van der Waals surface area contributed by atoms with E-state index >= 15 is 0 Å². The normalized spacial score (nSPS) is 21.2. The van der Waals surface area contributed by atoms with Crippen molar-refractivity contribution < 1.29 is 0 Å². The summed E-state index contributed by atoms with van der Waals surface area (Å²) in [6.45, 7) is 0. The maximum atomic E-state index is 9.36. The Morgan fingerprint density at radius 2 is 2.15 bits per heavy atom. The lowest BCUT2D eigenvalue weighted by atomic mass is 9.98. The number of halogens is 1. The molecule has 1 saturated heterocycles. The average Bonchev–Trinajstić information content (AvgIpc) is 2.78. The van der Waals surface area contributed by atoms with Crippen LogP contribution in [0.2, 0.25) is 5.02 Å². The topological polar surface area (TPSA) is 77.4 Å². The monoisotopic (exact) mass is 321 g/mol. The highest BCUT2D eigenvalue weighted by atomic mass is 35.5. The first-order chi connectivity index (χ1) is 9.60. The van der Waals surface area contributed by atoms with Crippen LogP contribution in [-0.4, -0.2) is 14.5 Å². The van der Waals surface area contributed by atoms with Gasteiger partial charge in [-0.1, -0.05) is 36.0 Å². The van der Waals surface area contributed by atoms with Crippen LogP contribution in [0.3, 0.4) is 0 Å². The van der Waals surface area contributed by atoms with Gasteiger partial charge in [0.25, 0.3) is 0 Å².